The predicted octanol–water partition coefficient (Wildman–Crippen LogP) is 3.00. The summed E-state index contributed by atoms with van der Waals surface area (Å²) in [5.41, 5.74) is 1.44. The number of carbonyl (C=O) groups excluding carboxylic acids is 1. The Hall–Kier alpha value is -1.88. The van der Waals surface area contributed by atoms with Crippen LogP contribution >= 0.6 is 0 Å². The van der Waals surface area contributed by atoms with Crippen LogP contribution in [0.25, 0.3) is 0 Å². The van der Waals surface area contributed by atoms with Gasteiger partial charge in [-0.3, -0.25) is 9.69 Å². The number of nitrogens with zero attached hydrogens (tertiary/aromatic N) is 2. The smallest absolute Gasteiger partial charge is 0.335 e. The Labute approximate surface area is 149 Å². The van der Waals surface area contributed by atoms with E-state index in [1.807, 2.05) is 17.0 Å². The lowest BCUT2D eigenvalue weighted by atomic mass is 10.0. The molecular weight excluding hydrogens is 316 g/mol. The van der Waals surface area contributed by atoms with E-state index in [-0.39, 0.29) is 0 Å². The number of carbonyl (C=O) groups is 2. The maximum atomic E-state index is 12.4. The predicted molar refractivity (Wildman–Crippen MR) is 96.5 cm³/mol. The Balaban J connectivity index is 1.40. The molecular formula is C20H28N2O3. The van der Waals surface area contributed by atoms with E-state index < -0.39 is 5.97 Å². The number of rotatable bonds is 6. The molecule has 5 heteroatoms. The van der Waals surface area contributed by atoms with E-state index in [0.717, 1.165) is 50.6 Å². The molecule has 1 saturated carbocycles. The van der Waals surface area contributed by atoms with Gasteiger partial charge >= 0.3 is 5.97 Å². The molecule has 136 valence electrons. The molecule has 2 fully saturated rings. The van der Waals surface area contributed by atoms with Crippen LogP contribution in [0.3, 0.4) is 0 Å². The second-order valence-electron chi connectivity index (χ2n) is 7.35. The lowest BCUT2D eigenvalue weighted by Crippen LogP contribution is -2.48. The zero-order valence-electron chi connectivity index (χ0n) is 14.8. The van der Waals surface area contributed by atoms with Crippen molar-refractivity contribution >= 4 is 11.9 Å². The van der Waals surface area contributed by atoms with Crippen LogP contribution in [0.2, 0.25) is 0 Å². The summed E-state index contributed by atoms with van der Waals surface area (Å²) in [6.07, 6.45) is 7.07. The van der Waals surface area contributed by atoms with Gasteiger partial charge in [0.15, 0.2) is 0 Å². The second-order valence-corrected chi connectivity index (χ2v) is 7.35. The van der Waals surface area contributed by atoms with E-state index in [4.69, 9.17) is 5.11 Å². The summed E-state index contributed by atoms with van der Waals surface area (Å²) in [4.78, 5) is 27.6. The molecule has 1 aliphatic heterocycles. The van der Waals surface area contributed by atoms with Gasteiger partial charge in [0.2, 0.25) is 5.91 Å². The molecule has 1 saturated heterocycles. The molecule has 1 aromatic rings. The van der Waals surface area contributed by atoms with Gasteiger partial charge in [-0.05, 0) is 30.0 Å². The van der Waals surface area contributed by atoms with E-state index in [2.05, 4.69) is 4.90 Å². The maximum absolute atomic E-state index is 12.4. The average Bonchev–Trinajstić information content (AvgIpc) is 3.14. The van der Waals surface area contributed by atoms with Gasteiger partial charge in [0.05, 0.1) is 5.56 Å². The fraction of sp³-hybridized carbons (Fsp3) is 0.600. The minimum Gasteiger partial charge on any atom is -0.478 e. The van der Waals surface area contributed by atoms with Crippen LogP contribution in [0.4, 0.5) is 0 Å². The van der Waals surface area contributed by atoms with Crippen LogP contribution in [-0.4, -0.2) is 53.0 Å². The monoisotopic (exact) mass is 344 g/mol. The van der Waals surface area contributed by atoms with Gasteiger partial charge in [-0.1, -0.05) is 37.8 Å². The van der Waals surface area contributed by atoms with Crippen LogP contribution in [-0.2, 0) is 11.3 Å². The zero-order valence-corrected chi connectivity index (χ0v) is 14.8. The van der Waals surface area contributed by atoms with Crippen LogP contribution < -0.4 is 0 Å². The summed E-state index contributed by atoms with van der Waals surface area (Å²) in [5, 5.41) is 8.94. The lowest BCUT2D eigenvalue weighted by molar-refractivity contribution is -0.133. The maximum Gasteiger partial charge on any atom is 0.335 e. The van der Waals surface area contributed by atoms with Gasteiger partial charge in [0, 0.05) is 39.1 Å². The fourth-order valence-electron chi connectivity index (χ4n) is 3.95. The van der Waals surface area contributed by atoms with Crippen molar-refractivity contribution in [2.75, 3.05) is 26.2 Å². The summed E-state index contributed by atoms with van der Waals surface area (Å²) >= 11 is 0. The molecule has 0 aromatic heterocycles. The summed E-state index contributed by atoms with van der Waals surface area (Å²) < 4.78 is 0. The van der Waals surface area contributed by atoms with Gasteiger partial charge in [0.1, 0.15) is 0 Å². The number of aromatic carboxylic acids is 1. The topological polar surface area (TPSA) is 60.9 Å². The second kappa shape index (κ2) is 8.48. The highest BCUT2D eigenvalue weighted by atomic mass is 16.4. The number of carboxylic acids is 1. The average molecular weight is 344 g/mol. The van der Waals surface area contributed by atoms with Crippen molar-refractivity contribution in [3.8, 4) is 0 Å². The van der Waals surface area contributed by atoms with Gasteiger partial charge in [-0.25, -0.2) is 4.79 Å². The normalized spacial score (nSPS) is 19.3. The third kappa shape index (κ3) is 5.05. The van der Waals surface area contributed by atoms with Gasteiger partial charge in [0.25, 0.3) is 0 Å². The highest BCUT2D eigenvalue weighted by Crippen LogP contribution is 2.28. The molecule has 2 aliphatic rings. The Morgan fingerprint density at radius 2 is 1.64 bits per heavy atom. The SMILES string of the molecule is O=C(O)c1ccc(CN2CCN(C(=O)CCC3CCCC3)CC2)cc1. The molecule has 0 bridgehead atoms. The highest BCUT2D eigenvalue weighted by molar-refractivity contribution is 5.87. The molecule has 1 aromatic carbocycles. The van der Waals surface area contributed by atoms with E-state index in [1.54, 1.807) is 12.1 Å². The Kier molecular flexibility index (Phi) is 6.08. The summed E-state index contributed by atoms with van der Waals surface area (Å²) in [5.74, 6) is 0.202. The molecule has 1 N–H and O–H groups in total. The fourth-order valence-corrected chi connectivity index (χ4v) is 3.95. The number of carboxylic acid groups (broad SMARTS) is 1. The molecule has 1 aliphatic carbocycles. The van der Waals surface area contributed by atoms with Crippen LogP contribution in [0.15, 0.2) is 24.3 Å². The Bertz CT molecular complexity index is 585. The summed E-state index contributed by atoms with van der Waals surface area (Å²) in [6.45, 7) is 4.18. The third-order valence-electron chi connectivity index (χ3n) is 5.57. The quantitative estimate of drug-likeness (QED) is 0.862. The molecule has 1 amide bonds. The van der Waals surface area contributed by atoms with Crippen LogP contribution in [0.5, 0.6) is 0 Å². The number of hydrogen-bond acceptors (Lipinski definition) is 3. The Morgan fingerprint density at radius 3 is 2.24 bits per heavy atom. The molecule has 25 heavy (non-hydrogen) atoms. The van der Waals surface area contributed by atoms with E-state index >= 15 is 0 Å². The molecule has 1 heterocycles. The first kappa shape index (κ1) is 17.9. The molecule has 0 unspecified atom stereocenters. The molecule has 0 radical (unpaired) electrons. The first-order chi connectivity index (χ1) is 12.1. The molecule has 3 rings (SSSR count). The van der Waals surface area contributed by atoms with E-state index in [1.165, 1.54) is 25.7 Å². The van der Waals surface area contributed by atoms with Crippen molar-refractivity contribution in [3.05, 3.63) is 35.4 Å². The minimum atomic E-state index is -0.892. The molecule has 0 atom stereocenters. The highest BCUT2D eigenvalue weighted by Gasteiger charge is 2.23. The molecule has 5 nitrogen and oxygen atoms in total. The summed E-state index contributed by atoms with van der Waals surface area (Å²) in [7, 11) is 0. The van der Waals surface area contributed by atoms with Gasteiger partial charge in [-0.2, -0.15) is 0 Å². The van der Waals surface area contributed by atoms with Crippen molar-refractivity contribution in [1.29, 1.82) is 0 Å². The van der Waals surface area contributed by atoms with Crippen LogP contribution in [0.1, 0.15) is 54.4 Å². The van der Waals surface area contributed by atoms with E-state index in [9.17, 15) is 9.59 Å². The van der Waals surface area contributed by atoms with Crippen molar-refractivity contribution in [1.82, 2.24) is 9.80 Å². The first-order valence-corrected chi connectivity index (χ1v) is 9.44. The number of amides is 1. The number of piperazine rings is 1. The first-order valence-electron chi connectivity index (χ1n) is 9.44. The standard InChI is InChI=1S/C20H28N2O3/c23-19(10-7-16-3-1-2-4-16)22-13-11-21(12-14-22)15-17-5-8-18(9-6-17)20(24)25/h5-6,8-9,16H,1-4,7,10-15H2,(H,24,25). The number of hydrogen-bond donors (Lipinski definition) is 1. The zero-order chi connectivity index (χ0) is 17.6. The largest absolute Gasteiger partial charge is 0.478 e. The van der Waals surface area contributed by atoms with Gasteiger partial charge < -0.3 is 10.0 Å². The molecule has 0 spiro atoms. The Morgan fingerprint density at radius 1 is 1.00 bits per heavy atom. The lowest BCUT2D eigenvalue weighted by Gasteiger charge is -2.35. The number of benzene rings is 1. The van der Waals surface area contributed by atoms with Gasteiger partial charge in [-0.15, -0.1) is 0 Å². The minimum absolute atomic E-state index is 0.317. The van der Waals surface area contributed by atoms with Crippen molar-refractivity contribution in [3.63, 3.8) is 0 Å². The van der Waals surface area contributed by atoms with Crippen molar-refractivity contribution in [2.24, 2.45) is 5.92 Å². The summed E-state index contributed by atoms with van der Waals surface area (Å²) in [6, 6.07) is 7.06. The third-order valence-corrected chi connectivity index (χ3v) is 5.57. The van der Waals surface area contributed by atoms with Crippen molar-refractivity contribution < 1.29 is 14.7 Å². The van der Waals surface area contributed by atoms with Crippen LogP contribution in [0, 0.1) is 5.92 Å². The van der Waals surface area contributed by atoms with Crippen molar-refractivity contribution in [2.45, 2.75) is 45.1 Å². The van der Waals surface area contributed by atoms with E-state index in [0.29, 0.717) is 17.9 Å².